The monoisotopic (exact) mass is 554 g/mol. The van der Waals surface area contributed by atoms with E-state index in [0.29, 0.717) is 22.2 Å². The molecule has 5 rings (SSSR count). The molecule has 0 aliphatic heterocycles. The van der Waals surface area contributed by atoms with Gasteiger partial charge in [-0.05, 0) is 58.5 Å². The van der Waals surface area contributed by atoms with Crippen molar-refractivity contribution in [3.8, 4) is 17.0 Å². The number of fused-ring (bicyclic) bond motifs is 1. The van der Waals surface area contributed by atoms with Crippen LogP contribution >= 0.6 is 0 Å². The lowest BCUT2D eigenvalue weighted by Crippen LogP contribution is -2.26. The number of nitrogens with zero attached hydrogens (tertiary/aromatic N) is 1. The predicted molar refractivity (Wildman–Crippen MR) is 157 cm³/mol. The van der Waals surface area contributed by atoms with Crippen LogP contribution in [-0.2, 0) is 22.0 Å². The molecule has 0 fully saturated rings. The highest BCUT2D eigenvalue weighted by Gasteiger charge is 2.21. The minimum atomic E-state index is -3.83. The molecule has 1 amide bonds. The molecule has 0 radical (unpaired) electrons. The summed E-state index contributed by atoms with van der Waals surface area (Å²) in [6, 6.07) is 25.2. The first-order valence-corrected chi connectivity index (χ1v) is 14.3. The molecule has 8 nitrogen and oxygen atoms in total. The number of H-pyrrole nitrogens is 1. The molecule has 0 saturated carbocycles. The lowest BCUT2D eigenvalue weighted by atomic mass is 9.87. The Balaban J connectivity index is 1.44. The maximum absolute atomic E-state index is 13.2. The van der Waals surface area contributed by atoms with Gasteiger partial charge in [0.05, 0.1) is 10.5 Å². The maximum atomic E-state index is 13.2. The second-order valence-electron chi connectivity index (χ2n) is 10.4. The number of carbonyl (C=O) groups excluding carboxylic acids is 1. The highest BCUT2D eigenvalue weighted by Crippen LogP contribution is 2.39. The van der Waals surface area contributed by atoms with Crippen molar-refractivity contribution in [2.45, 2.75) is 37.6 Å². The summed E-state index contributed by atoms with van der Waals surface area (Å²) in [6.07, 6.45) is 2.70. The fourth-order valence-corrected chi connectivity index (χ4v) is 5.40. The van der Waals surface area contributed by atoms with Crippen LogP contribution < -0.4 is 14.8 Å². The number of hydrogen-bond acceptors (Lipinski definition) is 5. The average Bonchev–Trinajstić information content (AvgIpc) is 3.29. The van der Waals surface area contributed by atoms with Gasteiger partial charge in [0, 0.05) is 35.5 Å². The van der Waals surface area contributed by atoms with Crippen LogP contribution in [0.1, 0.15) is 31.9 Å². The number of pyridine rings is 1. The Morgan fingerprint density at radius 3 is 2.38 bits per heavy atom. The number of anilines is 1. The van der Waals surface area contributed by atoms with Gasteiger partial charge in [0.2, 0.25) is 5.88 Å². The van der Waals surface area contributed by atoms with Crippen molar-refractivity contribution in [3.63, 3.8) is 0 Å². The molecule has 204 valence electrons. The standard InChI is InChI=1S/C31H30N4O4S/c1-31(2,3)23-11-14-25(15-12-23)40(37,38)35-24-13-16-27-26(18-24)28(22-9-5-4-6-10-22)29(34-27)39-30(36)33-20-21-8-7-17-32-19-21/h4-19,34-35H,20H2,1-3H3,(H,33,36). The molecule has 40 heavy (non-hydrogen) atoms. The Bertz CT molecular complexity index is 1740. The van der Waals surface area contributed by atoms with Gasteiger partial charge in [-0.3, -0.25) is 9.71 Å². The van der Waals surface area contributed by atoms with Crippen LogP contribution in [0.3, 0.4) is 0 Å². The summed E-state index contributed by atoms with van der Waals surface area (Å²) < 4.78 is 34.8. The minimum Gasteiger partial charge on any atom is -0.393 e. The highest BCUT2D eigenvalue weighted by atomic mass is 32.2. The van der Waals surface area contributed by atoms with Gasteiger partial charge in [-0.15, -0.1) is 0 Å². The molecule has 2 heterocycles. The Labute approximate surface area is 233 Å². The van der Waals surface area contributed by atoms with Crippen LogP contribution in [0.15, 0.2) is 102 Å². The topological polar surface area (TPSA) is 113 Å². The number of rotatable bonds is 7. The molecule has 2 aromatic heterocycles. The zero-order valence-corrected chi connectivity index (χ0v) is 23.2. The van der Waals surface area contributed by atoms with E-state index in [9.17, 15) is 13.2 Å². The van der Waals surface area contributed by atoms with Gasteiger partial charge in [-0.25, -0.2) is 13.2 Å². The van der Waals surface area contributed by atoms with Gasteiger partial charge in [-0.2, -0.15) is 0 Å². The summed E-state index contributed by atoms with van der Waals surface area (Å²) in [4.78, 5) is 20.1. The van der Waals surface area contributed by atoms with Gasteiger partial charge in [-0.1, -0.05) is 69.3 Å². The third-order valence-corrected chi connectivity index (χ3v) is 7.86. The first-order valence-electron chi connectivity index (χ1n) is 12.8. The largest absolute Gasteiger partial charge is 0.414 e. The summed E-state index contributed by atoms with van der Waals surface area (Å²) in [5, 5.41) is 3.43. The van der Waals surface area contributed by atoms with Crippen LogP contribution in [-0.4, -0.2) is 24.5 Å². The number of hydrogen-bond donors (Lipinski definition) is 3. The second kappa shape index (κ2) is 10.9. The van der Waals surface area contributed by atoms with Crippen LogP contribution in [0.25, 0.3) is 22.0 Å². The molecule has 5 aromatic rings. The van der Waals surface area contributed by atoms with Gasteiger partial charge < -0.3 is 15.0 Å². The normalized spacial score (nSPS) is 11.8. The summed E-state index contributed by atoms with van der Waals surface area (Å²) >= 11 is 0. The van der Waals surface area contributed by atoms with E-state index in [1.807, 2.05) is 48.5 Å². The number of aromatic amines is 1. The van der Waals surface area contributed by atoms with Gasteiger partial charge in [0.1, 0.15) is 0 Å². The van der Waals surface area contributed by atoms with E-state index >= 15 is 0 Å². The van der Waals surface area contributed by atoms with E-state index in [4.69, 9.17) is 4.74 Å². The Morgan fingerprint density at radius 1 is 0.950 bits per heavy atom. The quantitative estimate of drug-likeness (QED) is 0.209. The van der Waals surface area contributed by atoms with E-state index in [2.05, 4.69) is 40.8 Å². The van der Waals surface area contributed by atoms with Gasteiger partial charge >= 0.3 is 6.09 Å². The second-order valence-corrected chi connectivity index (χ2v) is 12.1. The number of nitrogens with one attached hydrogen (secondary N) is 3. The SMILES string of the molecule is CC(C)(C)c1ccc(S(=O)(=O)Nc2ccc3[nH]c(OC(=O)NCc4cccnc4)c(-c4ccccc4)c3c2)cc1. The van der Waals surface area contributed by atoms with Gasteiger partial charge in [0.15, 0.2) is 0 Å². The first kappa shape index (κ1) is 27.0. The molecule has 3 aromatic carbocycles. The number of amides is 1. The molecular weight excluding hydrogens is 524 g/mol. The van der Waals surface area contributed by atoms with E-state index in [1.165, 1.54) is 0 Å². The lowest BCUT2D eigenvalue weighted by molar-refractivity contribution is 0.198. The molecule has 0 spiro atoms. The van der Waals surface area contributed by atoms with Crippen LogP contribution in [0.2, 0.25) is 0 Å². The smallest absolute Gasteiger partial charge is 0.393 e. The fraction of sp³-hybridized carbons (Fsp3) is 0.161. The van der Waals surface area contributed by atoms with Crippen molar-refractivity contribution >= 4 is 32.7 Å². The Kier molecular flexibility index (Phi) is 7.32. The van der Waals surface area contributed by atoms with Crippen LogP contribution in [0.5, 0.6) is 5.88 Å². The highest BCUT2D eigenvalue weighted by molar-refractivity contribution is 7.92. The van der Waals surface area contributed by atoms with Crippen LogP contribution in [0, 0.1) is 0 Å². The maximum Gasteiger partial charge on any atom is 0.414 e. The number of benzene rings is 3. The van der Waals surface area contributed by atoms with E-state index in [0.717, 1.165) is 16.7 Å². The molecule has 0 saturated heterocycles. The summed E-state index contributed by atoms with van der Waals surface area (Å²) in [7, 11) is -3.83. The summed E-state index contributed by atoms with van der Waals surface area (Å²) in [5.41, 5.74) is 4.32. The third-order valence-electron chi connectivity index (χ3n) is 6.46. The molecule has 0 bridgehead atoms. The summed E-state index contributed by atoms with van der Waals surface area (Å²) in [5.74, 6) is 0.252. The molecule has 0 aliphatic carbocycles. The van der Waals surface area contributed by atoms with Crippen molar-refractivity contribution in [1.29, 1.82) is 0 Å². The third kappa shape index (κ3) is 6.00. The minimum absolute atomic E-state index is 0.0850. The number of ether oxygens (including phenoxy) is 1. The molecule has 9 heteroatoms. The predicted octanol–water partition coefficient (Wildman–Crippen LogP) is 6.62. The van der Waals surface area contributed by atoms with Crippen molar-refractivity contribution < 1.29 is 17.9 Å². The molecular formula is C31H30N4O4S. The first-order chi connectivity index (χ1) is 19.1. The fourth-order valence-electron chi connectivity index (χ4n) is 4.35. The van der Waals surface area contributed by atoms with Gasteiger partial charge in [0.25, 0.3) is 10.0 Å². The number of aromatic nitrogens is 2. The van der Waals surface area contributed by atoms with E-state index in [-0.39, 0.29) is 22.7 Å². The molecule has 0 unspecified atom stereocenters. The van der Waals surface area contributed by atoms with E-state index < -0.39 is 16.1 Å². The lowest BCUT2D eigenvalue weighted by Gasteiger charge is -2.19. The Hall–Kier alpha value is -4.63. The Morgan fingerprint density at radius 2 is 1.70 bits per heavy atom. The van der Waals surface area contributed by atoms with E-state index in [1.54, 1.807) is 48.8 Å². The van der Waals surface area contributed by atoms with Crippen molar-refractivity contribution in [2.75, 3.05) is 4.72 Å². The molecule has 0 aliphatic rings. The zero-order valence-electron chi connectivity index (χ0n) is 22.4. The summed E-state index contributed by atoms with van der Waals surface area (Å²) in [6.45, 7) is 6.49. The zero-order chi connectivity index (χ0) is 28.3. The van der Waals surface area contributed by atoms with Crippen molar-refractivity contribution in [2.24, 2.45) is 0 Å². The molecule has 0 atom stereocenters. The van der Waals surface area contributed by atoms with Crippen molar-refractivity contribution in [1.82, 2.24) is 15.3 Å². The van der Waals surface area contributed by atoms with Crippen molar-refractivity contribution in [3.05, 3.63) is 108 Å². The number of carbonyl (C=O) groups is 1. The van der Waals surface area contributed by atoms with Crippen LogP contribution in [0.4, 0.5) is 10.5 Å². The molecule has 3 N–H and O–H groups in total. The average molecular weight is 555 g/mol. The number of sulfonamides is 1.